The molecule has 0 aromatic rings. The van der Waals surface area contributed by atoms with Crippen molar-refractivity contribution < 1.29 is 4.79 Å². The Balaban J connectivity index is 2.44. The summed E-state index contributed by atoms with van der Waals surface area (Å²) in [7, 11) is 2.06. The van der Waals surface area contributed by atoms with Crippen LogP contribution in [0.5, 0.6) is 0 Å². The fourth-order valence-corrected chi connectivity index (χ4v) is 1.37. The predicted octanol–water partition coefficient (Wildman–Crippen LogP) is 0.648. The van der Waals surface area contributed by atoms with Crippen LogP contribution in [-0.4, -0.2) is 42.4 Å². The van der Waals surface area contributed by atoms with Gasteiger partial charge in [-0.2, -0.15) is 0 Å². The molecule has 76 valence electrons. The molecule has 3 heteroatoms. The Morgan fingerprint density at radius 2 is 2.15 bits per heavy atom. The number of rotatable bonds is 2. The highest BCUT2D eigenvalue weighted by atomic mass is 16.1. The number of hydrogen-bond donors (Lipinski definition) is 1. The largest absolute Gasteiger partial charge is 0.306 e. The van der Waals surface area contributed by atoms with Crippen molar-refractivity contribution >= 4 is 5.78 Å². The molecule has 0 aromatic carbocycles. The lowest BCUT2D eigenvalue weighted by atomic mass is 10.1. The van der Waals surface area contributed by atoms with Gasteiger partial charge in [-0.1, -0.05) is 0 Å². The van der Waals surface area contributed by atoms with Crippen LogP contribution in [-0.2, 0) is 4.79 Å². The first-order valence-electron chi connectivity index (χ1n) is 4.88. The van der Waals surface area contributed by atoms with Gasteiger partial charge >= 0.3 is 0 Å². The molecular weight excluding hydrogens is 164 g/mol. The van der Waals surface area contributed by atoms with E-state index in [1.54, 1.807) is 0 Å². The summed E-state index contributed by atoms with van der Waals surface area (Å²) in [5.74, 6) is 0.358. The first-order valence-corrected chi connectivity index (χ1v) is 4.88. The summed E-state index contributed by atoms with van der Waals surface area (Å²) in [6.07, 6.45) is 0.697. The zero-order valence-electron chi connectivity index (χ0n) is 9.05. The minimum Gasteiger partial charge on any atom is -0.306 e. The lowest BCUT2D eigenvalue weighted by molar-refractivity contribution is -0.119. The zero-order valence-corrected chi connectivity index (χ0v) is 9.05. The Bertz CT molecular complexity index is 196. The second-order valence-electron chi connectivity index (χ2n) is 4.77. The standard InChI is InChI=1S/C10H20N2O/c1-10(2,3)12(4)7-8-9(13)5-6-11-8/h8,11H,5-7H2,1-4H3. The molecule has 13 heavy (non-hydrogen) atoms. The molecule has 1 rings (SSSR count). The maximum atomic E-state index is 11.3. The molecule has 1 fully saturated rings. The average Bonchev–Trinajstić information content (AvgIpc) is 2.34. The molecule has 1 aliphatic rings. The molecule has 1 aliphatic heterocycles. The molecular formula is C10H20N2O. The smallest absolute Gasteiger partial charge is 0.152 e. The van der Waals surface area contributed by atoms with Crippen molar-refractivity contribution in [1.29, 1.82) is 0 Å². The van der Waals surface area contributed by atoms with Crippen LogP contribution in [0, 0.1) is 0 Å². The normalized spacial score (nSPS) is 24.4. The van der Waals surface area contributed by atoms with E-state index < -0.39 is 0 Å². The quantitative estimate of drug-likeness (QED) is 0.684. The van der Waals surface area contributed by atoms with Crippen LogP contribution in [0.4, 0.5) is 0 Å². The summed E-state index contributed by atoms with van der Waals surface area (Å²) in [5, 5.41) is 3.22. The van der Waals surface area contributed by atoms with Gasteiger partial charge in [0.25, 0.3) is 0 Å². The molecule has 0 amide bonds. The van der Waals surface area contributed by atoms with Gasteiger partial charge in [0.15, 0.2) is 5.78 Å². The van der Waals surface area contributed by atoms with Crippen molar-refractivity contribution in [3.63, 3.8) is 0 Å². The second kappa shape index (κ2) is 3.76. The fourth-order valence-electron chi connectivity index (χ4n) is 1.37. The number of carbonyl (C=O) groups excluding carboxylic acids is 1. The number of carbonyl (C=O) groups is 1. The topological polar surface area (TPSA) is 32.3 Å². The van der Waals surface area contributed by atoms with Gasteiger partial charge in [-0.25, -0.2) is 0 Å². The van der Waals surface area contributed by atoms with E-state index in [1.165, 1.54) is 0 Å². The highest BCUT2D eigenvalue weighted by Crippen LogP contribution is 2.12. The van der Waals surface area contributed by atoms with Crippen LogP contribution >= 0.6 is 0 Å². The van der Waals surface area contributed by atoms with Crippen molar-refractivity contribution in [1.82, 2.24) is 10.2 Å². The van der Waals surface area contributed by atoms with Crippen LogP contribution in [0.25, 0.3) is 0 Å². The summed E-state index contributed by atoms with van der Waals surface area (Å²) in [4.78, 5) is 13.6. The Labute approximate surface area is 80.5 Å². The van der Waals surface area contributed by atoms with E-state index in [4.69, 9.17) is 0 Å². The van der Waals surface area contributed by atoms with E-state index in [0.29, 0.717) is 12.2 Å². The molecule has 0 aromatic heterocycles. The Morgan fingerprint density at radius 3 is 2.54 bits per heavy atom. The summed E-state index contributed by atoms with van der Waals surface area (Å²) in [6.45, 7) is 8.15. The van der Waals surface area contributed by atoms with Crippen LogP contribution in [0.1, 0.15) is 27.2 Å². The Hall–Kier alpha value is -0.410. The van der Waals surface area contributed by atoms with E-state index in [1.807, 2.05) is 0 Å². The number of likely N-dealkylation sites (N-methyl/N-ethyl adjacent to an activating group) is 1. The second-order valence-corrected chi connectivity index (χ2v) is 4.77. The molecule has 0 saturated carbocycles. The van der Waals surface area contributed by atoms with Gasteiger partial charge in [-0.3, -0.25) is 9.69 Å². The van der Waals surface area contributed by atoms with Crippen molar-refractivity contribution in [3.05, 3.63) is 0 Å². The van der Waals surface area contributed by atoms with Crippen molar-refractivity contribution in [3.8, 4) is 0 Å². The van der Waals surface area contributed by atoms with Crippen molar-refractivity contribution in [2.75, 3.05) is 20.1 Å². The summed E-state index contributed by atoms with van der Waals surface area (Å²) < 4.78 is 0. The Kier molecular flexibility index (Phi) is 3.09. The summed E-state index contributed by atoms with van der Waals surface area (Å²) >= 11 is 0. The van der Waals surface area contributed by atoms with Gasteiger partial charge in [0.2, 0.25) is 0 Å². The van der Waals surface area contributed by atoms with Gasteiger partial charge in [0.1, 0.15) is 0 Å². The zero-order chi connectivity index (χ0) is 10.1. The van der Waals surface area contributed by atoms with Crippen LogP contribution in [0.2, 0.25) is 0 Å². The molecule has 0 radical (unpaired) electrons. The van der Waals surface area contributed by atoms with E-state index in [9.17, 15) is 4.79 Å². The number of nitrogens with zero attached hydrogens (tertiary/aromatic N) is 1. The SMILES string of the molecule is CN(CC1NCCC1=O)C(C)(C)C. The van der Waals surface area contributed by atoms with Gasteiger partial charge < -0.3 is 5.32 Å². The molecule has 1 unspecified atom stereocenters. The molecule has 1 N–H and O–H groups in total. The molecule has 1 atom stereocenters. The van der Waals surface area contributed by atoms with E-state index in [2.05, 4.69) is 38.0 Å². The van der Waals surface area contributed by atoms with Crippen molar-refractivity contribution in [2.24, 2.45) is 0 Å². The maximum Gasteiger partial charge on any atom is 0.152 e. The minimum absolute atomic E-state index is 0.0595. The Morgan fingerprint density at radius 1 is 1.54 bits per heavy atom. The first-order chi connectivity index (χ1) is 5.91. The number of ketones is 1. The van der Waals surface area contributed by atoms with E-state index in [-0.39, 0.29) is 11.6 Å². The van der Waals surface area contributed by atoms with Gasteiger partial charge in [-0.15, -0.1) is 0 Å². The lowest BCUT2D eigenvalue weighted by Gasteiger charge is -2.33. The third kappa shape index (κ3) is 2.78. The molecule has 0 aliphatic carbocycles. The molecule has 1 saturated heterocycles. The molecule has 0 spiro atoms. The number of Topliss-reactive ketones (excluding diaryl/α,β-unsaturated/α-hetero) is 1. The third-order valence-corrected chi connectivity index (χ3v) is 2.75. The summed E-state index contributed by atoms with van der Waals surface area (Å²) in [5.41, 5.74) is 0.143. The fraction of sp³-hybridized carbons (Fsp3) is 0.900. The van der Waals surface area contributed by atoms with Gasteiger partial charge in [-0.05, 0) is 27.8 Å². The molecule has 3 nitrogen and oxygen atoms in total. The maximum absolute atomic E-state index is 11.3. The van der Waals surface area contributed by atoms with Crippen LogP contribution in [0.3, 0.4) is 0 Å². The first kappa shape index (κ1) is 10.7. The van der Waals surface area contributed by atoms with E-state index in [0.717, 1.165) is 13.1 Å². The highest BCUT2D eigenvalue weighted by molar-refractivity contribution is 5.86. The molecule has 0 bridgehead atoms. The number of nitrogens with one attached hydrogen (secondary N) is 1. The van der Waals surface area contributed by atoms with Gasteiger partial charge in [0, 0.05) is 25.0 Å². The predicted molar refractivity (Wildman–Crippen MR) is 53.8 cm³/mol. The van der Waals surface area contributed by atoms with E-state index >= 15 is 0 Å². The minimum atomic E-state index is 0.0595. The van der Waals surface area contributed by atoms with Crippen molar-refractivity contribution in [2.45, 2.75) is 38.8 Å². The van der Waals surface area contributed by atoms with Crippen LogP contribution < -0.4 is 5.32 Å². The summed E-state index contributed by atoms with van der Waals surface area (Å²) in [6, 6.07) is 0.0595. The number of hydrogen-bond acceptors (Lipinski definition) is 3. The van der Waals surface area contributed by atoms with Crippen LogP contribution in [0.15, 0.2) is 0 Å². The third-order valence-electron chi connectivity index (χ3n) is 2.75. The lowest BCUT2D eigenvalue weighted by Crippen LogP contribution is -2.47. The average molecular weight is 184 g/mol. The molecule has 1 heterocycles. The highest BCUT2D eigenvalue weighted by Gasteiger charge is 2.28. The van der Waals surface area contributed by atoms with Gasteiger partial charge in [0.05, 0.1) is 6.04 Å². The monoisotopic (exact) mass is 184 g/mol.